The minimum Gasteiger partial charge on any atom is -0.396 e. The molecule has 0 unspecified atom stereocenters. The van der Waals surface area contributed by atoms with Crippen molar-refractivity contribution < 1.29 is 10.2 Å². The van der Waals surface area contributed by atoms with Crippen LogP contribution < -0.4 is 0 Å². The van der Waals surface area contributed by atoms with Crippen LogP contribution >= 0.6 is 0 Å². The third-order valence-electron chi connectivity index (χ3n) is 3.00. The van der Waals surface area contributed by atoms with Crippen LogP contribution in [0.5, 0.6) is 0 Å². The van der Waals surface area contributed by atoms with E-state index in [1.54, 1.807) is 0 Å². The number of aliphatic hydroxyl groups excluding tert-OH is 2. The van der Waals surface area contributed by atoms with Gasteiger partial charge in [-0.05, 0) is 24.7 Å². The molecule has 15 heavy (non-hydrogen) atoms. The van der Waals surface area contributed by atoms with Crippen molar-refractivity contribution in [2.45, 2.75) is 53.4 Å². The molecule has 0 saturated carbocycles. The van der Waals surface area contributed by atoms with E-state index in [9.17, 15) is 10.2 Å². The molecule has 0 rings (SSSR count). The highest BCUT2D eigenvalue weighted by Crippen LogP contribution is 2.32. The Morgan fingerprint density at radius 2 is 1.47 bits per heavy atom. The topological polar surface area (TPSA) is 40.5 Å². The van der Waals surface area contributed by atoms with E-state index in [1.165, 1.54) is 6.42 Å². The van der Waals surface area contributed by atoms with Crippen molar-refractivity contribution >= 4 is 0 Å². The smallest absolute Gasteiger partial charge is 0.0509 e. The van der Waals surface area contributed by atoms with Crippen LogP contribution in [0.15, 0.2) is 0 Å². The lowest BCUT2D eigenvalue weighted by Gasteiger charge is -2.31. The number of rotatable bonds is 8. The zero-order valence-corrected chi connectivity index (χ0v) is 10.8. The maximum Gasteiger partial charge on any atom is 0.0509 e. The molecule has 0 bridgehead atoms. The van der Waals surface area contributed by atoms with Crippen molar-refractivity contribution in [2.75, 3.05) is 13.2 Å². The fraction of sp³-hybridized carbons (Fsp3) is 1.00. The normalized spacial score (nSPS) is 12.8. The lowest BCUT2D eigenvalue weighted by molar-refractivity contribution is 0.0269. The predicted octanol–water partition coefficient (Wildman–Crippen LogP) is 2.83. The van der Waals surface area contributed by atoms with Gasteiger partial charge in [-0.25, -0.2) is 0 Å². The van der Waals surface area contributed by atoms with E-state index in [-0.39, 0.29) is 18.6 Å². The number of aliphatic hydroxyl groups is 2. The molecule has 0 atom stereocenters. The first-order valence-electron chi connectivity index (χ1n) is 6.17. The summed E-state index contributed by atoms with van der Waals surface area (Å²) in [6, 6.07) is 0. The Morgan fingerprint density at radius 3 is 1.80 bits per heavy atom. The first-order valence-corrected chi connectivity index (χ1v) is 6.17. The molecule has 0 radical (unpaired) electrons. The average molecular weight is 216 g/mol. The second-order valence-corrected chi connectivity index (χ2v) is 5.70. The Kier molecular flexibility index (Phi) is 7.20. The molecule has 0 aromatic heterocycles. The summed E-state index contributed by atoms with van der Waals surface area (Å²) in [4.78, 5) is 0. The van der Waals surface area contributed by atoms with Crippen molar-refractivity contribution in [3.63, 3.8) is 0 Å². The zero-order valence-electron chi connectivity index (χ0n) is 10.8. The van der Waals surface area contributed by atoms with Crippen LogP contribution in [0.2, 0.25) is 0 Å². The lowest BCUT2D eigenvalue weighted by atomic mass is 9.77. The van der Waals surface area contributed by atoms with Crippen LogP contribution in [0, 0.1) is 17.3 Å². The summed E-state index contributed by atoms with van der Waals surface area (Å²) < 4.78 is 0. The van der Waals surface area contributed by atoms with Gasteiger partial charge >= 0.3 is 0 Å². The van der Waals surface area contributed by atoms with Crippen LogP contribution in [0.3, 0.4) is 0 Å². The van der Waals surface area contributed by atoms with Crippen LogP contribution in [-0.2, 0) is 0 Å². The summed E-state index contributed by atoms with van der Waals surface area (Å²) in [6.45, 7) is 8.93. The quantitative estimate of drug-likeness (QED) is 0.655. The molecule has 0 aliphatic carbocycles. The van der Waals surface area contributed by atoms with Crippen molar-refractivity contribution in [1.29, 1.82) is 0 Å². The Morgan fingerprint density at radius 1 is 0.933 bits per heavy atom. The Hall–Kier alpha value is -0.0800. The number of hydrogen-bond acceptors (Lipinski definition) is 2. The van der Waals surface area contributed by atoms with Gasteiger partial charge in [-0.15, -0.1) is 0 Å². The highest BCUT2D eigenvalue weighted by atomic mass is 16.3. The van der Waals surface area contributed by atoms with Crippen LogP contribution in [0.1, 0.15) is 53.4 Å². The molecule has 0 aliphatic rings. The van der Waals surface area contributed by atoms with Gasteiger partial charge in [0.15, 0.2) is 0 Å². The molecule has 0 spiro atoms. The summed E-state index contributed by atoms with van der Waals surface area (Å²) in [5, 5.41) is 18.9. The van der Waals surface area contributed by atoms with Gasteiger partial charge < -0.3 is 10.2 Å². The van der Waals surface area contributed by atoms with Crippen molar-refractivity contribution in [2.24, 2.45) is 17.3 Å². The first kappa shape index (κ1) is 14.9. The van der Waals surface area contributed by atoms with Gasteiger partial charge in [0.05, 0.1) is 13.2 Å². The molecule has 0 aliphatic heterocycles. The monoisotopic (exact) mass is 216 g/mol. The van der Waals surface area contributed by atoms with Gasteiger partial charge in [0.25, 0.3) is 0 Å². The highest BCUT2D eigenvalue weighted by molar-refractivity contribution is 4.79. The fourth-order valence-corrected chi connectivity index (χ4v) is 2.19. The summed E-state index contributed by atoms with van der Waals surface area (Å²) in [5.74, 6) is 1.24. The minimum absolute atomic E-state index is 0.111. The molecule has 2 nitrogen and oxygen atoms in total. The van der Waals surface area contributed by atoms with Crippen LogP contribution in [0.4, 0.5) is 0 Å². The first-order chi connectivity index (χ1) is 6.95. The molecule has 0 heterocycles. The van der Waals surface area contributed by atoms with E-state index in [0.29, 0.717) is 11.8 Å². The number of hydrogen-bond donors (Lipinski definition) is 2. The van der Waals surface area contributed by atoms with Crippen molar-refractivity contribution in [1.82, 2.24) is 0 Å². The Bertz CT molecular complexity index is 149. The second kappa shape index (κ2) is 7.24. The van der Waals surface area contributed by atoms with Crippen molar-refractivity contribution in [3.8, 4) is 0 Å². The van der Waals surface area contributed by atoms with E-state index in [1.807, 2.05) is 0 Å². The fourth-order valence-electron chi connectivity index (χ4n) is 2.19. The van der Waals surface area contributed by atoms with Gasteiger partial charge in [0, 0.05) is 5.41 Å². The molecule has 0 aromatic carbocycles. The molecule has 0 saturated heterocycles. The maximum absolute atomic E-state index is 9.43. The molecular formula is C13H28O2. The summed E-state index contributed by atoms with van der Waals surface area (Å²) in [7, 11) is 0. The minimum atomic E-state index is -0.247. The van der Waals surface area contributed by atoms with E-state index < -0.39 is 0 Å². The van der Waals surface area contributed by atoms with Gasteiger partial charge in [0.2, 0.25) is 0 Å². The van der Waals surface area contributed by atoms with Crippen molar-refractivity contribution in [3.05, 3.63) is 0 Å². The maximum atomic E-state index is 9.43. The molecule has 0 amide bonds. The SMILES string of the molecule is CC(C)CCCC(CO)(CO)CC(C)C. The highest BCUT2D eigenvalue weighted by Gasteiger charge is 2.29. The average Bonchev–Trinajstić information content (AvgIpc) is 2.15. The lowest BCUT2D eigenvalue weighted by Crippen LogP contribution is -2.31. The predicted molar refractivity (Wildman–Crippen MR) is 64.7 cm³/mol. The van der Waals surface area contributed by atoms with Crippen LogP contribution in [-0.4, -0.2) is 23.4 Å². The second-order valence-electron chi connectivity index (χ2n) is 5.70. The van der Waals surface area contributed by atoms with Gasteiger partial charge in [0.1, 0.15) is 0 Å². The largest absolute Gasteiger partial charge is 0.396 e. The summed E-state index contributed by atoms with van der Waals surface area (Å²) in [6.07, 6.45) is 4.14. The standard InChI is InChI=1S/C13H28O2/c1-11(2)6-5-7-13(9-14,10-15)8-12(3)4/h11-12,14-15H,5-10H2,1-4H3. The third-order valence-corrected chi connectivity index (χ3v) is 3.00. The molecule has 92 valence electrons. The summed E-state index contributed by atoms with van der Waals surface area (Å²) >= 11 is 0. The van der Waals surface area contributed by atoms with E-state index >= 15 is 0 Å². The van der Waals surface area contributed by atoms with E-state index in [4.69, 9.17) is 0 Å². The molecule has 0 fully saturated rings. The van der Waals surface area contributed by atoms with E-state index in [2.05, 4.69) is 27.7 Å². The van der Waals surface area contributed by atoms with Crippen LogP contribution in [0.25, 0.3) is 0 Å². The zero-order chi connectivity index (χ0) is 11.9. The van der Waals surface area contributed by atoms with Gasteiger partial charge in [-0.3, -0.25) is 0 Å². The van der Waals surface area contributed by atoms with Gasteiger partial charge in [-0.1, -0.05) is 40.5 Å². The molecule has 2 heteroatoms. The van der Waals surface area contributed by atoms with E-state index in [0.717, 1.165) is 19.3 Å². The summed E-state index contributed by atoms with van der Waals surface area (Å²) in [5.41, 5.74) is -0.247. The molecule has 0 aromatic rings. The Balaban J connectivity index is 4.11. The molecule has 2 N–H and O–H groups in total. The Labute approximate surface area is 94.7 Å². The third kappa shape index (κ3) is 6.16. The van der Waals surface area contributed by atoms with Gasteiger partial charge in [-0.2, -0.15) is 0 Å². The molecular weight excluding hydrogens is 188 g/mol.